The van der Waals surface area contributed by atoms with Crippen LogP contribution in [0, 0.1) is 6.92 Å². The summed E-state index contributed by atoms with van der Waals surface area (Å²) in [5.41, 5.74) is 3.27. The van der Waals surface area contributed by atoms with Crippen LogP contribution in [0.2, 0.25) is 0 Å². The van der Waals surface area contributed by atoms with Gasteiger partial charge in [-0.3, -0.25) is 9.69 Å². The molecule has 1 aliphatic rings. The minimum absolute atomic E-state index is 0.0306. The summed E-state index contributed by atoms with van der Waals surface area (Å²) in [5, 5.41) is 6.18. The lowest BCUT2D eigenvalue weighted by Gasteiger charge is -2.31. The van der Waals surface area contributed by atoms with Gasteiger partial charge in [-0.25, -0.2) is 4.98 Å². The first-order chi connectivity index (χ1) is 14.5. The van der Waals surface area contributed by atoms with E-state index in [0.29, 0.717) is 6.61 Å². The summed E-state index contributed by atoms with van der Waals surface area (Å²) in [6.45, 7) is 9.77. The summed E-state index contributed by atoms with van der Waals surface area (Å²) in [5.74, 6) is 0.763. The van der Waals surface area contributed by atoms with Gasteiger partial charge in [0.1, 0.15) is 12.4 Å². The van der Waals surface area contributed by atoms with Gasteiger partial charge in [-0.1, -0.05) is 23.8 Å². The fraction of sp³-hybridized carbons (Fsp3) is 0.417. The average molecular weight is 426 g/mol. The number of piperidine rings is 1. The van der Waals surface area contributed by atoms with Crippen molar-refractivity contribution in [1.82, 2.24) is 15.2 Å². The van der Waals surface area contributed by atoms with E-state index in [2.05, 4.69) is 35.1 Å². The lowest BCUT2D eigenvalue weighted by molar-refractivity contribution is -0.117. The van der Waals surface area contributed by atoms with Crippen molar-refractivity contribution < 1.29 is 9.53 Å². The van der Waals surface area contributed by atoms with Gasteiger partial charge in [0.05, 0.1) is 10.7 Å². The van der Waals surface area contributed by atoms with Crippen molar-refractivity contribution in [3.8, 4) is 5.75 Å². The number of aromatic nitrogens is 1. The zero-order valence-corrected chi connectivity index (χ0v) is 18.9. The highest BCUT2D eigenvalue weighted by molar-refractivity contribution is 7.09. The van der Waals surface area contributed by atoms with E-state index in [9.17, 15) is 4.79 Å². The number of amides is 1. The molecular weight excluding hydrogens is 394 g/mol. The van der Waals surface area contributed by atoms with Crippen LogP contribution in [-0.4, -0.2) is 41.5 Å². The molecule has 0 radical (unpaired) electrons. The number of nitrogens with one attached hydrogen (secondary N) is 1. The fourth-order valence-corrected chi connectivity index (χ4v) is 3.90. The molecule has 6 heteroatoms. The molecule has 0 spiro atoms. The highest BCUT2D eigenvalue weighted by Gasteiger charge is 2.19. The first-order valence-corrected chi connectivity index (χ1v) is 11.3. The van der Waals surface area contributed by atoms with E-state index in [1.165, 1.54) is 5.57 Å². The first kappa shape index (κ1) is 22.2. The lowest BCUT2D eigenvalue weighted by Crippen LogP contribution is -2.44. The van der Waals surface area contributed by atoms with E-state index >= 15 is 0 Å². The minimum Gasteiger partial charge on any atom is -0.487 e. The minimum atomic E-state index is -0.0306. The third-order valence-corrected chi connectivity index (χ3v) is 5.87. The number of hydrogen-bond donors (Lipinski definition) is 1. The van der Waals surface area contributed by atoms with Gasteiger partial charge in [0, 0.05) is 37.1 Å². The summed E-state index contributed by atoms with van der Waals surface area (Å²) >= 11 is 1.62. The van der Waals surface area contributed by atoms with E-state index in [4.69, 9.17) is 4.74 Å². The Morgan fingerprint density at radius 1 is 1.27 bits per heavy atom. The number of nitrogens with zero attached hydrogens (tertiary/aromatic N) is 2. The molecule has 1 fully saturated rings. The molecule has 0 bridgehead atoms. The number of carbonyl (C=O) groups is 1. The van der Waals surface area contributed by atoms with Crippen molar-refractivity contribution in [3.05, 3.63) is 63.6 Å². The van der Waals surface area contributed by atoms with Crippen molar-refractivity contribution in [3.63, 3.8) is 0 Å². The Morgan fingerprint density at radius 3 is 2.63 bits per heavy atom. The average Bonchev–Trinajstić information content (AvgIpc) is 3.16. The normalized spacial score (nSPS) is 15.3. The molecule has 160 valence electrons. The summed E-state index contributed by atoms with van der Waals surface area (Å²) in [7, 11) is 0. The molecule has 1 amide bonds. The van der Waals surface area contributed by atoms with Crippen LogP contribution < -0.4 is 10.1 Å². The number of carbonyl (C=O) groups excluding carboxylic acids is 1. The maximum atomic E-state index is 12.3. The highest BCUT2D eigenvalue weighted by Crippen LogP contribution is 2.16. The molecule has 30 heavy (non-hydrogen) atoms. The van der Waals surface area contributed by atoms with Gasteiger partial charge in [-0.05, 0) is 57.4 Å². The van der Waals surface area contributed by atoms with Crippen LogP contribution in [0.5, 0.6) is 5.75 Å². The van der Waals surface area contributed by atoms with Gasteiger partial charge in [-0.15, -0.1) is 11.3 Å². The van der Waals surface area contributed by atoms with E-state index in [-0.39, 0.29) is 11.9 Å². The number of ether oxygens (including phenoxy) is 1. The van der Waals surface area contributed by atoms with E-state index in [1.54, 1.807) is 17.4 Å². The molecule has 0 atom stereocenters. The van der Waals surface area contributed by atoms with E-state index in [1.807, 2.05) is 42.6 Å². The topological polar surface area (TPSA) is 54.5 Å². The number of hydrogen-bond acceptors (Lipinski definition) is 5. The largest absolute Gasteiger partial charge is 0.487 e. The Bertz CT molecular complexity index is 874. The number of allylic oxidation sites excluding steroid dienone is 1. The van der Waals surface area contributed by atoms with Gasteiger partial charge in [0.25, 0.3) is 0 Å². The van der Waals surface area contributed by atoms with Crippen molar-refractivity contribution in [2.45, 2.75) is 46.3 Å². The smallest absolute Gasteiger partial charge is 0.244 e. The van der Waals surface area contributed by atoms with Crippen molar-refractivity contribution in [2.75, 3.05) is 19.6 Å². The molecule has 1 aromatic carbocycles. The summed E-state index contributed by atoms with van der Waals surface area (Å²) in [6, 6.07) is 7.99. The molecule has 0 unspecified atom stereocenters. The number of likely N-dealkylation sites (tertiary alicyclic amines) is 1. The summed E-state index contributed by atoms with van der Waals surface area (Å²) in [6.07, 6.45) is 7.72. The molecule has 1 saturated heterocycles. The third-order valence-electron chi connectivity index (χ3n) is 5.05. The predicted octanol–water partition coefficient (Wildman–Crippen LogP) is 4.59. The van der Waals surface area contributed by atoms with Crippen molar-refractivity contribution in [1.29, 1.82) is 0 Å². The zero-order chi connectivity index (χ0) is 21.3. The predicted molar refractivity (Wildman–Crippen MR) is 124 cm³/mol. The van der Waals surface area contributed by atoms with Crippen LogP contribution in [0.4, 0.5) is 0 Å². The van der Waals surface area contributed by atoms with Crippen LogP contribution >= 0.6 is 11.3 Å². The van der Waals surface area contributed by atoms with Crippen LogP contribution in [0.1, 0.15) is 43.0 Å². The number of aryl methyl sites for hydroxylation is 1. The molecule has 5 nitrogen and oxygen atoms in total. The molecule has 0 saturated carbocycles. The molecule has 1 aromatic heterocycles. The molecule has 3 rings (SSSR count). The monoisotopic (exact) mass is 425 g/mol. The molecule has 2 aromatic rings. The number of rotatable bonds is 8. The summed E-state index contributed by atoms with van der Waals surface area (Å²) in [4.78, 5) is 19.1. The molecule has 1 aliphatic heterocycles. The third kappa shape index (κ3) is 7.43. The second kappa shape index (κ2) is 11.1. The Hall–Kier alpha value is -2.44. The summed E-state index contributed by atoms with van der Waals surface area (Å²) < 4.78 is 5.76. The maximum absolute atomic E-state index is 12.3. The van der Waals surface area contributed by atoms with Crippen LogP contribution in [0.25, 0.3) is 6.08 Å². The highest BCUT2D eigenvalue weighted by atomic mass is 32.1. The Kier molecular flexibility index (Phi) is 8.22. The van der Waals surface area contributed by atoms with Gasteiger partial charge in [-0.2, -0.15) is 0 Å². The van der Waals surface area contributed by atoms with Gasteiger partial charge in [0.2, 0.25) is 5.91 Å². The first-order valence-electron chi connectivity index (χ1n) is 10.5. The molecule has 0 aliphatic carbocycles. The van der Waals surface area contributed by atoms with Crippen molar-refractivity contribution in [2.24, 2.45) is 0 Å². The maximum Gasteiger partial charge on any atom is 0.244 e. The van der Waals surface area contributed by atoms with Gasteiger partial charge in [0.15, 0.2) is 0 Å². The second-order valence-corrected chi connectivity index (χ2v) is 8.98. The van der Waals surface area contributed by atoms with Crippen LogP contribution in [-0.2, 0) is 11.4 Å². The quantitative estimate of drug-likeness (QED) is 0.496. The Balaban J connectivity index is 1.40. The molecule has 1 N–H and O–H groups in total. The second-order valence-electron chi connectivity index (χ2n) is 7.91. The van der Waals surface area contributed by atoms with Gasteiger partial charge < -0.3 is 10.1 Å². The van der Waals surface area contributed by atoms with E-state index in [0.717, 1.165) is 54.5 Å². The molecule has 2 heterocycles. The van der Waals surface area contributed by atoms with Crippen LogP contribution in [0.15, 0.2) is 47.4 Å². The van der Waals surface area contributed by atoms with Crippen molar-refractivity contribution >= 4 is 23.3 Å². The number of benzene rings is 1. The fourth-order valence-electron chi connectivity index (χ4n) is 3.30. The Labute approximate surface area is 183 Å². The van der Waals surface area contributed by atoms with Gasteiger partial charge >= 0.3 is 0 Å². The molecular formula is C24H31N3O2S. The van der Waals surface area contributed by atoms with E-state index < -0.39 is 0 Å². The standard InChI is InChI=1S/C24H31N3O2S/c1-18(2)10-13-27-14-11-21(12-15-27)26-24(28)9-6-20-4-7-23(8-5-20)29-16-22-17-30-19(3)25-22/h4-10,17,21H,11-16H2,1-3H3,(H,26,28)/b9-6+. The number of thiazole rings is 1. The lowest BCUT2D eigenvalue weighted by atomic mass is 10.0. The van der Waals surface area contributed by atoms with Crippen LogP contribution in [0.3, 0.4) is 0 Å². The zero-order valence-electron chi connectivity index (χ0n) is 18.1. The SMILES string of the molecule is CC(C)=CCN1CCC(NC(=O)/C=C/c2ccc(OCc3csc(C)n3)cc2)CC1. The Morgan fingerprint density at radius 2 is 2.00 bits per heavy atom.